The van der Waals surface area contributed by atoms with E-state index >= 15 is 0 Å². The maximum absolute atomic E-state index is 11.0. The SMILES string of the molecule is Cc1cc(CNCCNS(C)(=O)=O)cc(C)c1OCc1ccccn1. The molecule has 0 unspecified atom stereocenters. The van der Waals surface area contributed by atoms with Crippen molar-refractivity contribution in [2.75, 3.05) is 19.3 Å². The van der Waals surface area contributed by atoms with Gasteiger partial charge in [0.25, 0.3) is 0 Å². The van der Waals surface area contributed by atoms with E-state index in [0.29, 0.717) is 26.2 Å². The van der Waals surface area contributed by atoms with Gasteiger partial charge in [0.15, 0.2) is 0 Å². The first-order valence-electron chi connectivity index (χ1n) is 8.13. The van der Waals surface area contributed by atoms with Crippen LogP contribution < -0.4 is 14.8 Å². The van der Waals surface area contributed by atoms with E-state index in [-0.39, 0.29) is 0 Å². The zero-order valence-electron chi connectivity index (χ0n) is 14.9. The lowest BCUT2D eigenvalue weighted by Crippen LogP contribution is -2.30. The van der Waals surface area contributed by atoms with Gasteiger partial charge in [-0.15, -0.1) is 0 Å². The molecule has 6 nitrogen and oxygen atoms in total. The van der Waals surface area contributed by atoms with Crippen LogP contribution in [0.2, 0.25) is 0 Å². The van der Waals surface area contributed by atoms with Gasteiger partial charge in [-0.25, -0.2) is 13.1 Å². The van der Waals surface area contributed by atoms with E-state index < -0.39 is 10.0 Å². The minimum atomic E-state index is -3.13. The van der Waals surface area contributed by atoms with Crippen molar-refractivity contribution in [3.63, 3.8) is 0 Å². The molecule has 2 rings (SSSR count). The minimum absolute atomic E-state index is 0.377. The van der Waals surface area contributed by atoms with Gasteiger partial charge in [0, 0.05) is 25.8 Å². The van der Waals surface area contributed by atoms with E-state index in [2.05, 4.69) is 27.2 Å². The number of benzene rings is 1. The van der Waals surface area contributed by atoms with Crippen LogP contribution in [0.15, 0.2) is 36.5 Å². The van der Waals surface area contributed by atoms with Crippen molar-refractivity contribution in [1.82, 2.24) is 15.0 Å². The van der Waals surface area contributed by atoms with Crippen molar-refractivity contribution in [2.24, 2.45) is 0 Å². The number of aromatic nitrogens is 1. The molecule has 1 aromatic heterocycles. The van der Waals surface area contributed by atoms with Crippen LogP contribution in [0.25, 0.3) is 0 Å². The Morgan fingerprint density at radius 3 is 2.44 bits per heavy atom. The maximum atomic E-state index is 11.0. The van der Waals surface area contributed by atoms with Crippen LogP contribution in [0.4, 0.5) is 0 Å². The number of rotatable bonds is 9. The largest absolute Gasteiger partial charge is 0.487 e. The summed E-state index contributed by atoms with van der Waals surface area (Å²) < 4.78 is 30.4. The number of sulfonamides is 1. The summed E-state index contributed by atoms with van der Waals surface area (Å²) in [6.07, 6.45) is 2.91. The van der Waals surface area contributed by atoms with E-state index in [1.54, 1.807) is 6.20 Å². The van der Waals surface area contributed by atoms with Crippen LogP contribution in [0, 0.1) is 13.8 Å². The van der Waals surface area contributed by atoms with E-state index in [4.69, 9.17) is 4.74 Å². The summed E-state index contributed by atoms with van der Waals surface area (Å²) in [5.41, 5.74) is 4.17. The first-order chi connectivity index (χ1) is 11.8. The highest BCUT2D eigenvalue weighted by Crippen LogP contribution is 2.25. The quantitative estimate of drug-likeness (QED) is 0.665. The van der Waals surface area contributed by atoms with Gasteiger partial charge in [-0.1, -0.05) is 18.2 Å². The molecule has 0 fully saturated rings. The van der Waals surface area contributed by atoms with E-state index in [1.807, 2.05) is 32.0 Å². The van der Waals surface area contributed by atoms with E-state index in [1.165, 1.54) is 0 Å². The van der Waals surface area contributed by atoms with Crippen molar-refractivity contribution < 1.29 is 13.2 Å². The summed E-state index contributed by atoms with van der Waals surface area (Å²) in [7, 11) is -3.13. The van der Waals surface area contributed by atoms with Crippen LogP contribution in [0.5, 0.6) is 5.75 Å². The van der Waals surface area contributed by atoms with Crippen LogP contribution in [0.1, 0.15) is 22.4 Å². The Balaban J connectivity index is 1.88. The van der Waals surface area contributed by atoms with Gasteiger partial charge < -0.3 is 10.1 Å². The second kappa shape index (κ2) is 8.94. The third kappa shape index (κ3) is 6.81. The van der Waals surface area contributed by atoms with E-state index in [9.17, 15) is 8.42 Å². The third-order valence-corrected chi connectivity index (χ3v) is 4.33. The molecule has 1 heterocycles. The Morgan fingerprint density at radius 2 is 1.84 bits per heavy atom. The van der Waals surface area contributed by atoms with Gasteiger partial charge in [-0.2, -0.15) is 0 Å². The summed E-state index contributed by atoms with van der Waals surface area (Å²) in [4.78, 5) is 4.26. The van der Waals surface area contributed by atoms with Gasteiger partial charge >= 0.3 is 0 Å². The smallest absolute Gasteiger partial charge is 0.208 e. The molecular weight excluding hydrogens is 338 g/mol. The minimum Gasteiger partial charge on any atom is -0.487 e. The van der Waals surface area contributed by atoms with Crippen molar-refractivity contribution in [3.05, 3.63) is 58.9 Å². The molecule has 0 aliphatic carbocycles. The molecule has 0 spiro atoms. The molecule has 1 aromatic carbocycles. The van der Waals surface area contributed by atoms with Gasteiger partial charge in [0.2, 0.25) is 10.0 Å². The van der Waals surface area contributed by atoms with Crippen molar-refractivity contribution in [1.29, 1.82) is 0 Å². The molecule has 2 N–H and O–H groups in total. The molecule has 0 radical (unpaired) electrons. The lowest BCUT2D eigenvalue weighted by molar-refractivity contribution is 0.297. The van der Waals surface area contributed by atoms with Crippen LogP contribution in [-0.2, 0) is 23.2 Å². The predicted molar refractivity (Wildman–Crippen MR) is 99.0 cm³/mol. The molecule has 0 bridgehead atoms. The molecule has 0 aliphatic heterocycles. The number of ether oxygens (including phenoxy) is 1. The molecule has 7 heteroatoms. The van der Waals surface area contributed by atoms with Crippen LogP contribution in [-0.4, -0.2) is 32.7 Å². The Labute approximate surface area is 149 Å². The first-order valence-corrected chi connectivity index (χ1v) is 10.0. The first kappa shape index (κ1) is 19.4. The second-order valence-electron chi connectivity index (χ2n) is 6.01. The molecular formula is C18H25N3O3S. The molecule has 0 amide bonds. The maximum Gasteiger partial charge on any atom is 0.208 e. The number of pyridine rings is 1. The highest BCUT2D eigenvalue weighted by Gasteiger charge is 2.07. The number of nitrogens with zero attached hydrogens (tertiary/aromatic N) is 1. The Kier molecular flexibility index (Phi) is 6.92. The Bertz CT molecular complexity index is 769. The number of hydrogen-bond donors (Lipinski definition) is 2. The highest BCUT2D eigenvalue weighted by atomic mass is 32.2. The standard InChI is InChI=1S/C18H25N3O3S/c1-14-10-16(12-19-8-9-21-25(3,22)23)11-15(2)18(14)24-13-17-6-4-5-7-20-17/h4-7,10-11,19,21H,8-9,12-13H2,1-3H3. The molecule has 136 valence electrons. The normalized spacial score (nSPS) is 11.5. The third-order valence-electron chi connectivity index (χ3n) is 3.61. The van der Waals surface area contributed by atoms with Crippen molar-refractivity contribution >= 4 is 10.0 Å². The molecule has 0 saturated heterocycles. The van der Waals surface area contributed by atoms with Gasteiger partial charge in [-0.05, 0) is 42.7 Å². The molecule has 2 aromatic rings. The Morgan fingerprint density at radius 1 is 1.12 bits per heavy atom. The van der Waals surface area contributed by atoms with Crippen molar-refractivity contribution in [2.45, 2.75) is 27.0 Å². The zero-order chi connectivity index (χ0) is 18.3. The number of hydrogen-bond acceptors (Lipinski definition) is 5. The fourth-order valence-electron chi connectivity index (χ4n) is 2.56. The second-order valence-corrected chi connectivity index (χ2v) is 7.84. The summed E-state index contributed by atoms with van der Waals surface area (Å²) >= 11 is 0. The zero-order valence-corrected chi connectivity index (χ0v) is 15.7. The van der Waals surface area contributed by atoms with Gasteiger partial charge in [-0.3, -0.25) is 4.98 Å². The lowest BCUT2D eigenvalue weighted by atomic mass is 10.1. The van der Waals surface area contributed by atoms with Crippen LogP contribution in [0.3, 0.4) is 0 Å². The number of nitrogens with one attached hydrogen (secondary N) is 2. The molecule has 0 atom stereocenters. The summed E-state index contributed by atoms with van der Waals surface area (Å²) in [5.74, 6) is 0.883. The van der Waals surface area contributed by atoms with E-state index in [0.717, 1.165) is 34.4 Å². The summed E-state index contributed by atoms with van der Waals surface area (Å²) in [5, 5.41) is 3.23. The fourth-order valence-corrected chi connectivity index (χ4v) is 3.03. The molecule has 0 aliphatic rings. The predicted octanol–water partition coefficient (Wildman–Crippen LogP) is 1.92. The topological polar surface area (TPSA) is 80.3 Å². The summed E-state index contributed by atoms with van der Waals surface area (Å²) in [6, 6.07) is 9.93. The lowest BCUT2D eigenvalue weighted by Gasteiger charge is -2.14. The monoisotopic (exact) mass is 363 g/mol. The Hall–Kier alpha value is -1.96. The molecule has 25 heavy (non-hydrogen) atoms. The van der Waals surface area contributed by atoms with Crippen molar-refractivity contribution in [3.8, 4) is 5.75 Å². The average molecular weight is 363 g/mol. The van der Waals surface area contributed by atoms with Gasteiger partial charge in [0.05, 0.1) is 11.9 Å². The number of aryl methyl sites for hydroxylation is 2. The van der Waals surface area contributed by atoms with Gasteiger partial charge in [0.1, 0.15) is 12.4 Å². The highest BCUT2D eigenvalue weighted by molar-refractivity contribution is 7.88. The summed E-state index contributed by atoms with van der Waals surface area (Å²) in [6.45, 7) is 6.11. The average Bonchev–Trinajstić information content (AvgIpc) is 2.53. The fraction of sp³-hybridized carbons (Fsp3) is 0.389. The van der Waals surface area contributed by atoms with Crippen LogP contribution >= 0.6 is 0 Å². The molecule has 0 saturated carbocycles.